The molecule has 0 spiro atoms. The van der Waals surface area contributed by atoms with E-state index < -0.39 is 23.6 Å². The molecule has 0 aliphatic heterocycles. The minimum atomic E-state index is -0.878. The molecular weight excluding hydrogens is 431 g/mol. The van der Waals surface area contributed by atoms with Crippen molar-refractivity contribution in [1.29, 1.82) is 5.26 Å². The van der Waals surface area contributed by atoms with Crippen LogP contribution in [0.5, 0.6) is 0 Å². The van der Waals surface area contributed by atoms with Gasteiger partial charge in [-0.3, -0.25) is 9.78 Å². The number of amides is 1. The molecule has 0 bridgehead atoms. The zero-order chi connectivity index (χ0) is 21.7. The van der Waals surface area contributed by atoms with Gasteiger partial charge in [-0.2, -0.15) is 5.26 Å². The van der Waals surface area contributed by atoms with Gasteiger partial charge in [0.25, 0.3) is 5.91 Å². The van der Waals surface area contributed by atoms with Crippen molar-refractivity contribution in [2.75, 3.05) is 0 Å². The number of carbonyl (C=O) groups is 1. The Hall–Kier alpha value is -3.01. The van der Waals surface area contributed by atoms with Gasteiger partial charge in [0.1, 0.15) is 11.6 Å². The van der Waals surface area contributed by atoms with Crippen molar-refractivity contribution in [2.45, 2.75) is 19.0 Å². The van der Waals surface area contributed by atoms with E-state index in [4.69, 9.17) is 23.2 Å². The zero-order valence-corrected chi connectivity index (χ0v) is 17.0. The summed E-state index contributed by atoms with van der Waals surface area (Å²) in [6.45, 7) is 0.0417. The zero-order valence-electron chi connectivity index (χ0n) is 15.5. The third-order valence-corrected chi connectivity index (χ3v) is 5.28. The molecule has 2 aromatic carbocycles. The molecule has 0 aliphatic rings. The van der Waals surface area contributed by atoms with Gasteiger partial charge in [-0.1, -0.05) is 41.4 Å². The highest BCUT2D eigenvalue weighted by Gasteiger charge is 2.29. The van der Waals surface area contributed by atoms with Crippen molar-refractivity contribution in [1.82, 2.24) is 9.88 Å². The van der Waals surface area contributed by atoms with Crippen molar-refractivity contribution in [3.05, 3.63) is 99.3 Å². The van der Waals surface area contributed by atoms with E-state index in [2.05, 4.69) is 4.98 Å². The van der Waals surface area contributed by atoms with Crippen LogP contribution in [-0.2, 0) is 6.54 Å². The Balaban J connectivity index is 2.12. The Kier molecular flexibility index (Phi) is 6.99. The predicted octanol–water partition coefficient (Wildman–Crippen LogP) is 5.96. The molecule has 0 saturated heterocycles. The van der Waals surface area contributed by atoms with E-state index in [1.165, 1.54) is 4.90 Å². The number of nitrogens with zero attached hydrogens (tertiary/aromatic N) is 3. The number of carbonyl (C=O) groups excluding carboxylic acids is 1. The molecule has 0 unspecified atom stereocenters. The molecule has 3 aromatic rings. The van der Waals surface area contributed by atoms with Crippen LogP contribution in [-0.4, -0.2) is 15.8 Å². The number of hydrogen-bond donors (Lipinski definition) is 0. The van der Waals surface area contributed by atoms with Gasteiger partial charge in [-0.15, -0.1) is 0 Å². The molecule has 152 valence electrons. The van der Waals surface area contributed by atoms with E-state index in [0.29, 0.717) is 17.2 Å². The quantitative estimate of drug-likeness (QED) is 0.469. The number of hydrogen-bond acceptors (Lipinski definition) is 3. The summed E-state index contributed by atoms with van der Waals surface area (Å²) in [5, 5.41) is 9.89. The van der Waals surface area contributed by atoms with Crippen LogP contribution < -0.4 is 0 Å². The molecule has 0 N–H and O–H groups in total. The van der Waals surface area contributed by atoms with Crippen molar-refractivity contribution in [2.24, 2.45) is 0 Å². The summed E-state index contributed by atoms with van der Waals surface area (Å²) in [7, 11) is 0. The molecular formula is C22H15Cl2F2N3O. The van der Waals surface area contributed by atoms with Crippen LogP contribution in [0.1, 0.15) is 33.9 Å². The topological polar surface area (TPSA) is 57.0 Å². The van der Waals surface area contributed by atoms with Crippen LogP contribution in [0.15, 0.2) is 60.9 Å². The number of benzene rings is 2. The maximum absolute atomic E-state index is 13.8. The second-order valence-corrected chi connectivity index (χ2v) is 7.26. The standard InChI is InChI=1S/C22H15Cl2F2N3O/c23-19-5-1-4-18(21(19)24)20(6-7-27)29(13-14-3-2-8-28-12-14)22(30)15-9-16(25)11-17(26)10-15/h1-5,8-12,20H,6,13H2/t20-/m0/s1. The van der Waals surface area contributed by atoms with Gasteiger partial charge in [-0.25, -0.2) is 8.78 Å². The highest BCUT2D eigenvalue weighted by atomic mass is 35.5. The summed E-state index contributed by atoms with van der Waals surface area (Å²) in [6, 6.07) is 12.2. The number of aromatic nitrogens is 1. The molecule has 1 aromatic heterocycles. The normalized spacial score (nSPS) is 11.6. The Labute approximate surface area is 182 Å². The van der Waals surface area contributed by atoms with Crippen LogP contribution in [0.4, 0.5) is 8.78 Å². The summed E-state index contributed by atoms with van der Waals surface area (Å²) in [4.78, 5) is 18.7. The molecule has 3 rings (SSSR count). The summed E-state index contributed by atoms with van der Waals surface area (Å²) < 4.78 is 27.5. The highest BCUT2D eigenvalue weighted by molar-refractivity contribution is 6.42. The molecule has 0 radical (unpaired) electrons. The van der Waals surface area contributed by atoms with Gasteiger partial charge < -0.3 is 4.90 Å². The third kappa shape index (κ3) is 4.93. The SMILES string of the molecule is N#CC[C@@H](c1cccc(Cl)c1Cl)N(Cc1cccnc1)C(=O)c1cc(F)cc(F)c1. The Morgan fingerprint density at radius 2 is 1.87 bits per heavy atom. The third-order valence-electron chi connectivity index (χ3n) is 4.45. The van der Waals surface area contributed by atoms with Crippen LogP contribution in [0.25, 0.3) is 0 Å². The minimum Gasteiger partial charge on any atom is -0.326 e. The first kappa shape index (κ1) is 21.7. The van der Waals surface area contributed by atoms with Crippen LogP contribution >= 0.6 is 23.2 Å². The smallest absolute Gasteiger partial charge is 0.254 e. The van der Waals surface area contributed by atoms with E-state index >= 15 is 0 Å². The van der Waals surface area contributed by atoms with Crippen molar-refractivity contribution >= 4 is 29.1 Å². The fraction of sp³-hybridized carbons (Fsp3) is 0.136. The van der Waals surface area contributed by atoms with Gasteiger partial charge in [0.05, 0.1) is 28.6 Å². The summed E-state index contributed by atoms with van der Waals surface area (Å²) in [5.41, 5.74) is 0.945. The highest BCUT2D eigenvalue weighted by Crippen LogP contribution is 2.36. The monoisotopic (exact) mass is 445 g/mol. The largest absolute Gasteiger partial charge is 0.326 e. The van der Waals surface area contributed by atoms with E-state index in [9.17, 15) is 18.8 Å². The lowest BCUT2D eigenvalue weighted by Crippen LogP contribution is -2.35. The number of pyridine rings is 1. The number of halogens is 4. The van der Waals surface area contributed by atoms with Crippen LogP contribution in [0.2, 0.25) is 10.0 Å². The molecule has 4 nitrogen and oxygen atoms in total. The minimum absolute atomic E-state index is 0.0417. The maximum atomic E-state index is 13.8. The van der Waals surface area contributed by atoms with E-state index in [1.807, 2.05) is 6.07 Å². The molecule has 1 amide bonds. The molecule has 30 heavy (non-hydrogen) atoms. The van der Waals surface area contributed by atoms with Gasteiger partial charge in [0.2, 0.25) is 0 Å². The fourth-order valence-corrected chi connectivity index (χ4v) is 3.54. The van der Waals surface area contributed by atoms with E-state index in [0.717, 1.165) is 12.1 Å². The van der Waals surface area contributed by atoms with Gasteiger partial charge >= 0.3 is 0 Å². The predicted molar refractivity (Wildman–Crippen MR) is 110 cm³/mol. The Morgan fingerprint density at radius 3 is 2.50 bits per heavy atom. The molecule has 8 heteroatoms. The Bertz CT molecular complexity index is 1080. The second kappa shape index (κ2) is 9.66. The Morgan fingerprint density at radius 1 is 1.13 bits per heavy atom. The summed E-state index contributed by atoms with van der Waals surface area (Å²) in [5.74, 6) is -2.41. The number of nitriles is 1. The molecule has 1 atom stereocenters. The second-order valence-electron chi connectivity index (χ2n) is 6.47. The lowest BCUT2D eigenvalue weighted by atomic mass is 10.00. The molecule has 0 aliphatic carbocycles. The first-order valence-corrected chi connectivity index (χ1v) is 9.63. The van der Waals surface area contributed by atoms with Gasteiger partial charge in [-0.05, 0) is 35.4 Å². The van der Waals surface area contributed by atoms with Crippen LogP contribution in [0.3, 0.4) is 0 Å². The van der Waals surface area contributed by atoms with E-state index in [-0.39, 0.29) is 28.6 Å². The summed E-state index contributed by atoms with van der Waals surface area (Å²) >= 11 is 12.5. The number of rotatable bonds is 6. The molecule has 0 fully saturated rings. The van der Waals surface area contributed by atoms with Crippen molar-refractivity contribution in [3.63, 3.8) is 0 Å². The average molecular weight is 446 g/mol. The van der Waals surface area contributed by atoms with E-state index in [1.54, 1.807) is 42.7 Å². The first-order valence-electron chi connectivity index (χ1n) is 8.87. The average Bonchev–Trinajstić information content (AvgIpc) is 2.72. The fourth-order valence-electron chi connectivity index (χ4n) is 3.11. The molecule has 1 heterocycles. The van der Waals surface area contributed by atoms with Gasteiger partial charge in [0.15, 0.2) is 0 Å². The molecule has 0 saturated carbocycles. The lowest BCUT2D eigenvalue weighted by Gasteiger charge is -2.32. The first-order chi connectivity index (χ1) is 14.4. The van der Waals surface area contributed by atoms with Crippen molar-refractivity contribution < 1.29 is 13.6 Å². The van der Waals surface area contributed by atoms with Gasteiger partial charge in [0, 0.05) is 30.6 Å². The maximum Gasteiger partial charge on any atom is 0.254 e. The summed E-state index contributed by atoms with van der Waals surface area (Å²) in [6.07, 6.45) is 3.04. The van der Waals surface area contributed by atoms with Crippen LogP contribution in [0, 0.1) is 23.0 Å². The van der Waals surface area contributed by atoms with Crippen molar-refractivity contribution in [3.8, 4) is 6.07 Å². The lowest BCUT2D eigenvalue weighted by molar-refractivity contribution is 0.0660.